The van der Waals surface area contributed by atoms with Crippen LogP contribution >= 0.6 is 0 Å². The lowest BCUT2D eigenvalue weighted by Gasteiger charge is -2.07. The first kappa shape index (κ1) is 12.2. The van der Waals surface area contributed by atoms with Gasteiger partial charge in [0.25, 0.3) is 0 Å². The summed E-state index contributed by atoms with van der Waals surface area (Å²) in [4.78, 5) is 15.3. The number of hydrogen-bond donors (Lipinski definition) is 1. The van der Waals surface area contributed by atoms with Gasteiger partial charge in [0.15, 0.2) is 0 Å². The van der Waals surface area contributed by atoms with Crippen molar-refractivity contribution >= 4 is 11.7 Å². The van der Waals surface area contributed by atoms with Gasteiger partial charge >= 0.3 is 5.97 Å². The SMILES string of the molecule is COC(=O)c1ccc(NCc2cncn2C)cc1. The molecular weight excluding hydrogens is 230 g/mol. The summed E-state index contributed by atoms with van der Waals surface area (Å²) in [6.07, 6.45) is 3.58. The molecule has 0 amide bonds. The highest BCUT2D eigenvalue weighted by atomic mass is 16.5. The molecule has 0 radical (unpaired) electrons. The van der Waals surface area contributed by atoms with Crippen LogP contribution in [0.2, 0.25) is 0 Å². The van der Waals surface area contributed by atoms with Crippen LogP contribution in [0.15, 0.2) is 36.8 Å². The molecule has 94 valence electrons. The molecule has 0 aliphatic heterocycles. The molecule has 0 bridgehead atoms. The van der Waals surface area contributed by atoms with Crippen molar-refractivity contribution in [1.82, 2.24) is 9.55 Å². The Labute approximate surface area is 105 Å². The zero-order valence-corrected chi connectivity index (χ0v) is 10.4. The third-order valence-corrected chi connectivity index (χ3v) is 2.70. The molecule has 1 aromatic heterocycles. The summed E-state index contributed by atoms with van der Waals surface area (Å²) >= 11 is 0. The number of rotatable bonds is 4. The molecule has 2 rings (SSSR count). The molecule has 0 saturated carbocycles. The molecular formula is C13H15N3O2. The molecule has 0 spiro atoms. The van der Waals surface area contributed by atoms with E-state index in [0.717, 1.165) is 11.4 Å². The van der Waals surface area contributed by atoms with E-state index in [2.05, 4.69) is 15.0 Å². The van der Waals surface area contributed by atoms with Crippen LogP contribution in [0.3, 0.4) is 0 Å². The van der Waals surface area contributed by atoms with E-state index >= 15 is 0 Å². The van der Waals surface area contributed by atoms with Gasteiger partial charge in [-0.3, -0.25) is 0 Å². The number of nitrogens with zero attached hydrogens (tertiary/aromatic N) is 2. The molecule has 1 N–H and O–H groups in total. The van der Waals surface area contributed by atoms with Gasteiger partial charge in [0.2, 0.25) is 0 Å². The predicted molar refractivity (Wildman–Crippen MR) is 68.3 cm³/mol. The van der Waals surface area contributed by atoms with Crippen LogP contribution in [-0.4, -0.2) is 22.6 Å². The molecule has 1 heterocycles. The number of carbonyl (C=O) groups is 1. The number of aryl methyl sites for hydroxylation is 1. The number of anilines is 1. The molecule has 2 aromatic rings. The smallest absolute Gasteiger partial charge is 0.337 e. The van der Waals surface area contributed by atoms with Crippen LogP contribution < -0.4 is 5.32 Å². The molecule has 5 heteroatoms. The van der Waals surface area contributed by atoms with Crippen LogP contribution in [0, 0.1) is 0 Å². The van der Waals surface area contributed by atoms with Crippen molar-refractivity contribution in [2.45, 2.75) is 6.54 Å². The summed E-state index contributed by atoms with van der Waals surface area (Å²) in [5.74, 6) is -0.326. The molecule has 0 saturated heterocycles. The highest BCUT2D eigenvalue weighted by molar-refractivity contribution is 5.89. The molecule has 0 unspecified atom stereocenters. The number of imidazole rings is 1. The van der Waals surface area contributed by atoms with Crippen molar-refractivity contribution in [3.05, 3.63) is 48.0 Å². The van der Waals surface area contributed by atoms with E-state index in [-0.39, 0.29) is 5.97 Å². The maximum atomic E-state index is 11.3. The highest BCUT2D eigenvalue weighted by Gasteiger charge is 2.04. The summed E-state index contributed by atoms with van der Waals surface area (Å²) in [6.45, 7) is 0.689. The second-order valence-corrected chi connectivity index (χ2v) is 3.92. The fourth-order valence-corrected chi connectivity index (χ4v) is 1.59. The quantitative estimate of drug-likeness (QED) is 0.835. The number of methoxy groups -OCH3 is 1. The Hall–Kier alpha value is -2.30. The molecule has 5 nitrogen and oxygen atoms in total. The van der Waals surface area contributed by atoms with E-state index in [0.29, 0.717) is 12.1 Å². The Morgan fingerprint density at radius 3 is 2.67 bits per heavy atom. The molecule has 0 aliphatic rings. The van der Waals surface area contributed by atoms with Crippen LogP contribution in [0.25, 0.3) is 0 Å². The fraction of sp³-hybridized carbons (Fsp3) is 0.231. The number of esters is 1. The molecule has 0 aliphatic carbocycles. The number of aromatic nitrogens is 2. The second-order valence-electron chi connectivity index (χ2n) is 3.92. The van der Waals surface area contributed by atoms with Gasteiger partial charge in [-0.05, 0) is 24.3 Å². The molecule has 0 fully saturated rings. The van der Waals surface area contributed by atoms with Gasteiger partial charge in [0.05, 0.1) is 31.2 Å². The minimum Gasteiger partial charge on any atom is -0.465 e. The maximum Gasteiger partial charge on any atom is 0.337 e. The zero-order chi connectivity index (χ0) is 13.0. The van der Waals surface area contributed by atoms with Crippen molar-refractivity contribution in [2.75, 3.05) is 12.4 Å². The lowest BCUT2D eigenvalue weighted by molar-refractivity contribution is 0.0601. The van der Waals surface area contributed by atoms with Gasteiger partial charge in [0.1, 0.15) is 0 Å². The normalized spacial score (nSPS) is 10.1. The number of nitrogens with one attached hydrogen (secondary N) is 1. The Bertz CT molecular complexity index is 531. The fourth-order valence-electron chi connectivity index (χ4n) is 1.59. The minimum atomic E-state index is -0.326. The highest BCUT2D eigenvalue weighted by Crippen LogP contribution is 2.11. The largest absolute Gasteiger partial charge is 0.465 e. The average molecular weight is 245 g/mol. The van der Waals surface area contributed by atoms with Gasteiger partial charge < -0.3 is 14.6 Å². The van der Waals surface area contributed by atoms with Crippen LogP contribution in [0.1, 0.15) is 16.1 Å². The number of hydrogen-bond acceptors (Lipinski definition) is 4. The van der Waals surface area contributed by atoms with E-state index < -0.39 is 0 Å². The third kappa shape index (κ3) is 2.68. The average Bonchev–Trinajstić information content (AvgIpc) is 2.81. The Morgan fingerprint density at radius 1 is 1.39 bits per heavy atom. The van der Waals surface area contributed by atoms with E-state index in [1.54, 1.807) is 18.5 Å². The first-order valence-electron chi connectivity index (χ1n) is 5.58. The summed E-state index contributed by atoms with van der Waals surface area (Å²) in [7, 11) is 3.32. The monoisotopic (exact) mass is 245 g/mol. The van der Waals surface area contributed by atoms with Gasteiger partial charge in [0, 0.05) is 18.9 Å². The molecule has 18 heavy (non-hydrogen) atoms. The lowest BCUT2D eigenvalue weighted by Crippen LogP contribution is -2.05. The summed E-state index contributed by atoms with van der Waals surface area (Å²) in [5.41, 5.74) is 2.58. The lowest BCUT2D eigenvalue weighted by atomic mass is 10.2. The van der Waals surface area contributed by atoms with Gasteiger partial charge in [-0.15, -0.1) is 0 Å². The van der Waals surface area contributed by atoms with Crippen molar-refractivity contribution in [3.63, 3.8) is 0 Å². The van der Waals surface area contributed by atoms with Gasteiger partial charge in [-0.2, -0.15) is 0 Å². The van der Waals surface area contributed by atoms with E-state index in [1.165, 1.54) is 7.11 Å². The van der Waals surface area contributed by atoms with E-state index in [1.807, 2.05) is 29.9 Å². The third-order valence-electron chi connectivity index (χ3n) is 2.70. The van der Waals surface area contributed by atoms with Crippen molar-refractivity contribution in [2.24, 2.45) is 7.05 Å². The minimum absolute atomic E-state index is 0.326. The number of carbonyl (C=O) groups excluding carboxylic acids is 1. The number of benzene rings is 1. The summed E-state index contributed by atoms with van der Waals surface area (Å²) in [5, 5.41) is 3.26. The first-order chi connectivity index (χ1) is 8.70. The van der Waals surface area contributed by atoms with Crippen LogP contribution in [0.5, 0.6) is 0 Å². The second kappa shape index (κ2) is 5.35. The van der Waals surface area contributed by atoms with Crippen LogP contribution in [-0.2, 0) is 18.3 Å². The van der Waals surface area contributed by atoms with E-state index in [4.69, 9.17) is 0 Å². The van der Waals surface area contributed by atoms with Crippen LogP contribution in [0.4, 0.5) is 5.69 Å². The Balaban J connectivity index is 1.98. The first-order valence-corrected chi connectivity index (χ1v) is 5.58. The molecule has 1 aromatic carbocycles. The van der Waals surface area contributed by atoms with Crippen molar-refractivity contribution in [1.29, 1.82) is 0 Å². The predicted octanol–water partition coefficient (Wildman–Crippen LogP) is 1.82. The maximum absolute atomic E-state index is 11.3. The summed E-state index contributed by atoms with van der Waals surface area (Å²) < 4.78 is 6.59. The molecule has 0 atom stereocenters. The standard InChI is InChI=1S/C13H15N3O2/c1-16-9-14-7-12(16)8-15-11-5-3-10(4-6-11)13(17)18-2/h3-7,9,15H,8H2,1-2H3. The van der Waals surface area contributed by atoms with Crippen molar-refractivity contribution < 1.29 is 9.53 Å². The topological polar surface area (TPSA) is 56.1 Å². The Morgan fingerprint density at radius 2 is 2.11 bits per heavy atom. The van der Waals surface area contributed by atoms with Gasteiger partial charge in [-0.25, -0.2) is 9.78 Å². The zero-order valence-electron chi connectivity index (χ0n) is 10.4. The van der Waals surface area contributed by atoms with Crippen molar-refractivity contribution in [3.8, 4) is 0 Å². The number of ether oxygens (including phenoxy) is 1. The summed E-state index contributed by atoms with van der Waals surface area (Å²) in [6, 6.07) is 7.17. The van der Waals surface area contributed by atoms with Gasteiger partial charge in [-0.1, -0.05) is 0 Å². The van der Waals surface area contributed by atoms with E-state index in [9.17, 15) is 4.79 Å². The Kier molecular flexibility index (Phi) is 3.62.